The Kier molecular flexibility index (Phi) is 8.77. The molecule has 1 amide bonds. The number of carbonyl (C=O) groups is 1. The summed E-state index contributed by atoms with van der Waals surface area (Å²) in [4.78, 5) is 17.0. The number of hydrogen-bond donors (Lipinski definition) is 0. The predicted octanol–water partition coefficient (Wildman–Crippen LogP) is 6.68. The van der Waals surface area contributed by atoms with E-state index in [1.54, 1.807) is 23.5 Å². The quantitative estimate of drug-likeness (QED) is 0.381. The van der Waals surface area contributed by atoms with E-state index in [0.717, 1.165) is 63.5 Å². The Hall–Kier alpha value is -1.51. The predicted molar refractivity (Wildman–Crippen MR) is 135 cm³/mol. The fourth-order valence-electron chi connectivity index (χ4n) is 4.48. The number of nitrogens with zero attached hydrogens (tertiary/aromatic N) is 3. The second-order valence-electron chi connectivity index (χ2n) is 8.44. The first-order chi connectivity index (χ1) is 16.0. The molecule has 3 aromatic rings. The highest BCUT2D eigenvalue weighted by molar-refractivity contribution is 7.11. The second-order valence-corrected chi connectivity index (χ2v) is 11.0. The lowest BCUT2D eigenvalue weighted by atomic mass is 9.89. The molecule has 2 fully saturated rings. The second kappa shape index (κ2) is 11.8. The van der Waals surface area contributed by atoms with Crippen LogP contribution in [0.15, 0.2) is 47.2 Å². The molecule has 0 N–H and O–H groups in total. The molecule has 0 saturated carbocycles. The third kappa shape index (κ3) is 6.55. The molecule has 0 bridgehead atoms. The molecule has 5 rings (SSSR count). The summed E-state index contributed by atoms with van der Waals surface area (Å²) in [6.07, 6.45) is 3.18. The molecule has 0 unspecified atom stereocenters. The van der Waals surface area contributed by atoms with Crippen LogP contribution in [0.25, 0.3) is 0 Å². The van der Waals surface area contributed by atoms with Crippen molar-refractivity contribution in [2.75, 3.05) is 32.7 Å². The van der Waals surface area contributed by atoms with Crippen molar-refractivity contribution in [3.05, 3.63) is 73.6 Å². The van der Waals surface area contributed by atoms with E-state index in [-0.39, 0.29) is 22.4 Å². The van der Waals surface area contributed by atoms with Gasteiger partial charge in [0.15, 0.2) is 5.69 Å². The molecule has 33 heavy (non-hydrogen) atoms. The van der Waals surface area contributed by atoms with E-state index < -0.39 is 0 Å². The molecule has 2 aliphatic rings. The highest BCUT2D eigenvalue weighted by atomic mass is 35.5. The zero-order valence-corrected chi connectivity index (χ0v) is 21.3. The minimum atomic E-state index is -0.178. The zero-order chi connectivity index (χ0) is 23.2. The number of likely N-dealkylation sites (tertiary alicyclic amines) is 2. The Labute approximate surface area is 212 Å². The van der Waals surface area contributed by atoms with E-state index in [2.05, 4.69) is 9.27 Å². The minimum absolute atomic E-state index is 0.120. The number of rotatable bonds is 4. The van der Waals surface area contributed by atoms with Gasteiger partial charge in [0.1, 0.15) is 15.2 Å². The van der Waals surface area contributed by atoms with Crippen LogP contribution in [0.2, 0.25) is 9.36 Å². The maximum atomic E-state index is 13.1. The van der Waals surface area contributed by atoms with Gasteiger partial charge >= 0.3 is 0 Å². The largest absolute Gasteiger partial charge is 0.337 e. The molecule has 176 valence electrons. The molecule has 0 spiro atoms. The van der Waals surface area contributed by atoms with Crippen LogP contribution in [0.3, 0.4) is 0 Å². The number of amides is 1. The summed E-state index contributed by atoms with van der Waals surface area (Å²) < 4.78 is 17.6. The van der Waals surface area contributed by atoms with Gasteiger partial charge in [0.05, 0.1) is 0 Å². The first-order valence-corrected chi connectivity index (χ1v) is 13.5. The molecule has 0 aliphatic carbocycles. The van der Waals surface area contributed by atoms with Crippen LogP contribution in [0, 0.1) is 11.7 Å². The molecule has 4 heterocycles. The van der Waals surface area contributed by atoms with Crippen LogP contribution in [0.5, 0.6) is 0 Å². The van der Waals surface area contributed by atoms with E-state index in [4.69, 9.17) is 23.2 Å². The van der Waals surface area contributed by atoms with Gasteiger partial charge in [0.2, 0.25) is 0 Å². The van der Waals surface area contributed by atoms with Gasteiger partial charge in [-0.1, -0.05) is 47.5 Å². The van der Waals surface area contributed by atoms with Crippen molar-refractivity contribution < 1.29 is 9.18 Å². The van der Waals surface area contributed by atoms with Gasteiger partial charge in [-0.25, -0.2) is 4.39 Å². The summed E-state index contributed by atoms with van der Waals surface area (Å²) in [5.74, 6) is 0.683. The van der Waals surface area contributed by atoms with Crippen molar-refractivity contribution in [3.8, 4) is 0 Å². The summed E-state index contributed by atoms with van der Waals surface area (Å²) >= 11 is 14.8. The molecule has 2 aromatic heterocycles. The van der Waals surface area contributed by atoms with Crippen LogP contribution in [0.4, 0.5) is 4.39 Å². The van der Waals surface area contributed by atoms with Gasteiger partial charge in [-0.15, -0.1) is 0 Å². The zero-order valence-electron chi connectivity index (χ0n) is 18.1. The van der Waals surface area contributed by atoms with E-state index in [0.29, 0.717) is 16.2 Å². The highest BCUT2D eigenvalue weighted by Gasteiger charge is 2.32. The van der Waals surface area contributed by atoms with Crippen molar-refractivity contribution in [1.29, 1.82) is 0 Å². The van der Waals surface area contributed by atoms with Gasteiger partial charge in [0, 0.05) is 19.6 Å². The maximum absolute atomic E-state index is 13.1. The number of hydrogen-bond acceptors (Lipinski definition) is 5. The molecular formula is C24H26Cl2FN3OS2. The lowest BCUT2D eigenvalue weighted by Gasteiger charge is -2.33. The Morgan fingerprint density at radius 3 is 2.33 bits per heavy atom. The third-order valence-corrected chi connectivity index (χ3v) is 8.48. The van der Waals surface area contributed by atoms with Crippen LogP contribution >= 0.6 is 46.1 Å². The highest BCUT2D eigenvalue weighted by Crippen LogP contribution is 2.32. The summed E-state index contributed by atoms with van der Waals surface area (Å²) in [6, 6.07) is 11.0. The first kappa shape index (κ1) is 24.6. The SMILES string of the molecule is O=C(c1nsc(Cl)c1Cl)N1CC[C@H](CN2CCC(c3ccc(F)cc3)CC2)C1.c1ccsc1. The van der Waals surface area contributed by atoms with Crippen LogP contribution in [-0.2, 0) is 0 Å². The minimum Gasteiger partial charge on any atom is -0.337 e. The molecule has 2 aliphatic heterocycles. The number of halogens is 3. The van der Waals surface area contributed by atoms with Gasteiger partial charge in [-0.2, -0.15) is 15.7 Å². The lowest BCUT2D eigenvalue weighted by molar-refractivity contribution is 0.0777. The van der Waals surface area contributed by atoms with Crippen molar-refractivity contribution in [1.82, 2.24) is 14.2 Å². The number of thiophene rings is 1. The van der Waals surface area contributed by atoms with Crippen LogP contribution < -0.4 is 0 Å². The van der Waals surface area contributed by atoms with Crippen LogP contribution in [0.1, 0.15) is 41.2 Å². The van der Waals surface area contributed by atoms with Gasteiger partial charge in [-0.3, -0.25) is 4.79 Å². The number of benzene rings is 1. The average molecular weight is 527 g/mol. The van der Waals surface area contributed by atoms with Gasteiger partial charge < -0.3 is 9.80 Å². The summed E-state index contributed by atoms with van der Waals surface area (Å²) in [5, 5.41) is 4.35. The third-order valence-electron chi connectivity index (χ3n) is 6.24. The Bertz CT molecular complexity index is 1000. The molecule has 1 atom stereocenters. The standard InChI is InChI=1S/C20H22Cl2FN3OS.C4H4S/c21-17-18(24-28-19(17)22)20(27)26-10-5-13(12-26)11-25-8-6-15(7-9-25)14-1-3-16(23)4-2-14;1-2-4-5-3-1/h1-4,13,15H,5-12H2;1-4H/t13-;/m1./s1. The number of aromatic nitrogens is 1. The Morgan fingerprint density at radius 2 is 1.76 bits per heavy atom. The van der Waals surface area contributed by atoms with Gasteiger partial charge in [0.25, 0.3) is 5.91 Å². The van der Waals surface area contributed by atoms with Gasteiger partial charge in [-0.05, 0) is 84.2 Å². The summed E-state index contributed by atoms with van der Waals surface area (Å²) in [6.45, 7) is 4.56. The van der Waals surface area contributed by atoms with Crippen molar-refractivity contribution >= 4 is 52.0 Å². The first-order valence-electron chi connectivity index (χ1n) is 11.1. The fraction of sp³-hybridized carbons (Fsp3) is 0.417. The van der Waals surface area contributed by atoms with Crippen LogP contribution in [-0.4, -0.2) is 52.8 Å². The van der Waals surface area contributed by atoms with E-state index >= 15 is 0 Å². The molecule has 1 aromatic carbocycles. The Balaban J connectivity index is 0.000000459. The maximum Gasteiger partial charge on any atom is 0.275 e. The van der Waals surface area contributed by atoms with Crippen molar-refractivity contribution in [2.45, 2.75) is 25.2 Å². The monoisotopic (exact) mass is 525 g/mol. The van der Waals surface area contributed by atoms with E-state index in [1.165, 1.54) is 5.56 Å². The van der Waals surface area contributed by atoms with Crippen molar-refractivity contribution in [3.63, 3.8) is 0 Å². The molecule has 4 nitrogen and oxygen atoms in total. The molecule has 0 radical (unpaired) electrons. The van der Waals surface area contributed by atoms with E-state index in [9.17, 15) is 9.18 Å². The summed E-state index contributed by atoms with van der Waals surface area (Å²) in [7, 11) is 0. The van der Waals surface area contributed by atoms with E-state index in [1.807, 2.05) is 39.9 Å². The van der Waals surface area contributed by atoms with Crippen molar-refractivity contribution in [2.24, 2.45) is 5.92 Å². The molecule has 9 heteroatoms. The number of piperidine rings is 1. The number of carbonyl (C=O) groups excluding carboxylic acids is 1. The summed E-state index contributed by atoms with van der Waals surface area (Å²) in [5.41, 5.74) is 1.51. The smallest absolute Gasteiger partial charge is 0.275 e. The molecule has 2 saturated heterocycles. The average Bonchev–Trinajstić information content (AvgIpc) is 3.60. The topological polar surface area (TPSA) is 36.4 Å². The lowest BCUT2D eigenvalue weighted by Crippen LogP contribution is -2.38. The molecular weight excluding hydrogens is 500 g/mol. The Morgan fingerprint density at radius 1 is 1.06 bits per heavy atom. The normalized spacial score (nSPS) is 19.4. The fourth-order valence-corrected chi connectivity index (χ4v) is 5.92.